The molecule has 0 radical (unpaired) electrons. The van der Waals surface area contributed by atoms with Gasteiger partial charge in [0.1, 0.15) is 0 Å². The Bertz CT molecular complexity index is 8680. The molecule has 722 valence electrons. The van der Waals surface area contributed by atoms with Crippen LogP contribution < -0.4 is 9.80 Å². The molecule has 0 aliphatic heterocycles. The van der Waals surface area contributed by atoms with E-state index in [9.17, 15) is 0 Å². The lowest BCUT2D eigenvalue weighted by molar-refractivity contribution is 0.375. The van der Waals surface area contributed by atoms with Gasteiger partial charge < -0.3 is 18.6 Å². The van der Waals surface area contributed by atoms with E-state index in [1.54, 1.807) is 0 Å². The average Bonchev–Trinajstić information content (AvgIpc) is 1.51. The molecule has 0 fully saturated rings. The van der Waals surface area contributed by atoms with Crippen molar-refractivity contribution in [1.82, 2.24) is 40.3 Å². The predicted molar refractivity (Wildman–Crippen MR) is 609 cm³/mol. The zero-order chi connectivity index (χ0) is 102. The van der Waals surface area contributed by atoms with Crippen molar-refractivity contribution in [2.45, 2.75) is 115 Å². The summed E-state index contributed by atoms with van der Waals surface area (Å²) in [6, 6.07) is 154. The Morgan fingerprint density at radius 2 is 0.413 bits per heavy atom. The maximum absolute atomic E-state index is 6.98. The molecule has 1 unspecified atom stereocenters. The lowest BCUT2D eigenvalue weighted by atomic mass is 9.69. The molecule has 4 heterocycles. The van der Waals surface area contributed by atoms with Crippen LogP contribution in [0.3, 0.4) is 0 Å². The summed E-state index contributed by atoms with van der Waals surface area (Å²) < 4.78 is 13.8. The Labute approximate surface area is 875 Å². The molecule has 0 amide bonds. The third-order valence-corrected chi connectivity index (χ3v) is 31.9. The van der Waals surface area contributed by atoms with Crippen LogP contribution in [0.2, 0.25) is 0 Å². The Morgan fingerprint density at radius 1 is 0.193 bits per heavy atom. The van der Waals surface area contributed by atoms with Gasteiger partial charge in [0, 0.05) is 103 Å². The number of nitrogens with zero attached hydrogens (tertiary/aromatic N) is 10. The molecule has 4 aliphatic carbocycles. The van der Waals surface area contributed by atoms with Crippen LogP contribution in [0.25, 0.3) is 158 Å². The summed E-state index contributed by atoms with van der Waals surface area (Å²) in [6.07, 6.45) is 9.80. The maximum atomic E-state index is 6.98. The highest BCUT2D eigenvalue weighted by molar-refractivity contribution is 6.01. The maximum Gasteiger partial charge on any atom is 0.248 e. The van der Waals surface area contributed by atoms with E-state index in [1.807, 2.05) is 24.8 Å². The van der Waals surface area contributed by atoms with Crippen molar-refractivity contribution in [3.63, 3.8) is 0 Å². The Kier molecular flexibility index (Phi) is 22.1. The zero-order valence-corrected chi connectivity index (χ0v) is 85.4. The summed E-state index contributed by atoms with van der Waals surface area (Å²) >= 11 is 0. The molecule has 18 aromatic carbocycles. The molecule has 0 bridgehead atoms. The van der Waals surface area contributed by atoms with E-state index in [0.717, 1.165) is 169 Å². The van der Waals surface area contributed by atoms with Gasteiger partial charge in [-0.1, -0.05) is 348 Å². The lowest BCUT2D eigenvalue weighted by Gasteiger charge is -2.32. The average molecular weight is 1940 g/mol. The summed E-state index contributed by atoms with van der Waals surface area (Å²) in [4.78, 5) is 24.7. The molecular formula is C138H108N10O2. The van der Waals surface area contributed by atoms with Crippen molar-refractivity contribution < 1.29 is 8.83 Å². The van der Waals surface area contributed by atoms with Crippen molar-refractivity contribution in [3.05, 3.63) is 516 Å². The Balaban J connectivity index is 0.493. The monoisotopic (exact) mass is 1940 g/mol. The zero-order valence-electron chi connectivity index (χ0n) is 85.4. The number of rotatable bonds is 21. The van der Waals surface area contributed by atoms with E-state index in [1.165, 1.54) is 66.8 Å². The van der Waals surface area contributed by atoms with Gasteiger partial charge in [-0.25, -0.2) is 19.9 Å². The minimum absolute atomic E-state index is 0.0282. The smallest absolute Gasteiger partial charge is 0.248 e. The van der Waals surface area contributed by atoms with Crippen molar-refractivity contribution in [3.8, 4) is 158 Å². The number of fused-ring (bicyclic) bond motifs is 20. The molecule has 4 aromatic heterocycles. The lowest BCUT2D eigenvalue weighted by Crippen LogP contribution is -2.26. The van der Waals surface area contributed by atoms with E-state index >= 15 is 0 Å². The highest BCUT2D eigenvalue weighted by atomic mass is 16.4. The number of anilines is 6. The SMILES string of the molecule is CC(C)(C)c1ccc(-c2ncc(-c3ccc4c(c3)C3(c5ccccc5-c5ccccc53)c3cc(-c5cnc(-c6ccc(C(C)(C)CCC(C)(C)c7ccc(-c8nnc(-c9ccc%10c(c9)C9(c%11cc(-c%12ccc(N(c%13ccccc%13)c%13ccccc%13)cc%12)ccc%11-c%11ccc(-c%12nnc(-c%13ccc(C(C)(C)C)cc%13)o%12)cc%119)c9cc(-c%11ccc(N(c%12ccccc%12)c%12ccccc%12)cc%11)ccc9-%10)o8)cc7)cc6)nc5)ccc3-4)cn2)cc1. The fourth-order valence-corrected chi connectivity index (χ4v) is 23.6. The van der Waals surface area contributed by atoms with Crippen LogP contribution in [0.5, 0.6) is 0 Å². The summed E-state index contributed by atoms with van der Waals surface area (Å²) in [6.45, 7) is 22.8. The molecule has 12 heteroatoms. The largest absolute Gasteiger partial charge is 0.416 e. The Hall–Kier alpha value is -18.0. The summed E-state index contributed by atoms with van der Waals surface area (Å²) in [5.41, 5.74) is 42.1. The minimum Gasteiger partial charge on any atom is -0.416 e. The highest BCUT2D eigenvalue weighted by Crippen LogP contribution is 2.67. The minimum atomic E-state index is -0.947. The molecule has 2 spiro atoms. The van der Waals surface area contributed by atoms with Crippen LogP contribution in [0.1, 0.15) is 149 Å². The standard InChI is InChI=1S/C138H108N10O2/c1-133(2,3)101-57-39-89(40-58-101)127-139-83-99(84-140-127)95-53-71-113-114-72-54-96(80-122(114)137(121(113)79-95)119-37-25-23-35-111(119)112-36-24-26-38-120(112)137)100-85-141-128(142-86-100)90-41-61-103(62-42-90)135(7,8)75-76-136(9,10)104-63-45-92(46-64-104)130-144-146-132(150-130)98-56-74-118-116-70-52-94(88-49-67-110(68-50-88)148(107-31-19-13-20-32-107)108-33-21-14-22-34-108)78-124(116)138(126(118)82-98)123-77-93(87-47-65-109(66-48-87)147(105-27-15-11-16-28-105)106-29-17-12-18-30-106)51-69-115(123)117-73-55-97(81-125(117)138)131-145-143-129(149-131)91-43-59-102(60-44-91)134(4,5)6/h11-74,77-86H,75-76H2,1-10H3. The molecule has 1 atom stereocenters. The molecule has 22 aromatic rings. The summed E-state index contributed by atoms with van der Waals surface area (Å²) in [7, 11) is 0. The molecule has 0 saturated carbocycles. The predicted octanol–water partition coefficient (Wildman–Crippen LogP) is 35.0. The van der Waals surface area contributed by atoms with E-state index < -0.39 is 10.8 Å². The third-order valence-electron chi connectivity index (χ3n) is 31.9. The van der Waals surface area contributed by atoms with Crippen LogP contribution in [0.4, 0.5) is 34.1 Å². The molecule has 0 saturated heterocycles. The van der Waals surface area contributed by atoms with E-state index in [4.69, 9.17) is 49.2 Å². The summed E-state index contributed by atoms with van der Waals surface area (Å²) in [5.74, 6) is 3.12. The van der Waals surface area contributed by atoms with Gasteiger partial charge in [-0.2, -0.15) is 0 Å². The van der Waals surface area contributed by atoms with Gasteiger partial charge in [-0.15, -0.1) is 20.4 Å². The van der Waals surface area contributed by atoms with Crippen LogP contribution >= 0.6 is 0 Å². The topological polar surface area (TPSA) is 136 Å². The van der Waals surface area contributed by atoms with Crippen molar-refractivity contribution >= 4 is 34.1 Å². The number of benzene rings is 18. The molecule has 26 rings (SSSR count). The number of hydrogen-bond donors (Lipinski definition) is 0. The van der Waals surface area contributed by atoms with Gasteiger partial charge in [0.2, 0.25) is 23.6 Å². The molecular weight excluding hydrogens is 1830 g/mol. The first kappa shape index (κ1) is 91.9. The van der Waals surface area contributed by atoms with Crippen LogP contribution in [-0.4, -0.2) is 40.3 Å². The van der Waals surface area contributed by atoms with Gasteiger partial charge in [-0.05, 0) is 325 Å². The van der Waals surface area contributed by atoms with E-state index in [0.29, 0.717) is 35.2 Å². The van der Waals surface area contributed by atoms with E-state index in [2.05, 4.69) is 504 Å². The number of aromatic nitrogens is 8. The fraction of sp³-hybridized carbons (Fsp3) is 0.130. The number of para-hydroxylation sites is 4. The molecule has 12 nitrogen and oxygen atoms in total. The van der Waals surface area contributed by atoms with Gasteiger partial charge in [0.25, 0.3) is 0 Å². The van der Waals surface area contributed by atoms with Gasteiger partial charge >= 0.3 is 0 Å². The second kappa shape index (κ2) is 36.0. The van der Waals surface area contributed by atoms with Crippen molar-refractivity contribution in [2.24, 2.45) is 0 Å². The molecule has 4 aliphatic rings. The quantitative estimate of drug-likeness (QED) is 0.0677. The molecule has 150 heavy (non-hydrogen) atoms. The fourth-order valence-electron chi connectivity index (χ4n) is 23.6. The first-order valence-corrected chi connectivity index (χ1v) is 51.9. The first-order valence-electron chi connectivity index (χ1n) is 51.9. The third kappa shape index (κ3) is 15.7. The van der Waals surface area contributed by atoms with Crippen LogP contribution in [0, 0.1) is 0 Å². The van der Waals surface area contributed by atoms with Crippen LogP contribution in [-0.2, 0) is 32.5 Å². The normalized spacial score (nSPS) is 13.8. The summed E-state index contributed by atoms with van der Waals surface area (Å²) in [5, 5.41) is 19.4. The second-order valence-electron chi connectivity index (χ2n) is 43.8. The number of hydrogen-bond acceptors (Lipinski definition) is 12. The first-order chi connectivity index (χ1) is 73.0. The van der Waals surface area contributed by atoms with Crippen molar-refractivity contribution in [2.75, 3.05) is 9.80 Å². The van der Waals surface area contributed by atoms with Crippen LogP contribution in [0.15, 0.2) is 458 Å². The second-order valence-corrected chi connectivity index (χ2v) is 43.8. The van der Waals surface area contributed by atoms with Gasteiger partial charge in [-0.3, -0.25) is 0 Å². The van der Waals surface area contributed by atoms with Gasteiger partial charge in [0.15, 0.2) is 11.6 Å². The highest BCUT2D eigenvalue weighted by Gasteiger charge is 2.55. The van der Waals surface area contributed by atoms with Gasteiger partial charge in [0.05, 0.1) is 10.8 Å². The Morgan fingerprint density at radius 3 is 0.713 bits per heavy atom. The van der Waals surface area contributed by atoms with E-state index in [-0.39, 0.29) is 21.7 Å². The van der Waals surface area contributed by atoms with Crippen molar-refractivity contribution in [1.29, 1.82) is 0 Å². The molecule has 0 N–H and O–H groups in total.